The van der Waals surface area contributed by atoms with Crippen molar-refractivity contribution in [1.82, 2.24) is 30.4 Å². The summed E-state index contributed by atoms with van der Waals surface area (Å²) < 4.78 is 5.65. The van der Waals surface area contributed by atoms with Crippen LogP contribution in [0.5, 0.6) is 0 Å². The van der Waals surface area contributed by atoms with Gasteiger partial charge < -0.3 is 14.7 Å². The van der Waals surface area contributed by atoms with Crippen molar-refractivity contribution in [2.75, 3.05) is 26.2 Å². The molecule has 0 saturated carbocycles. The number of carbonyl (C=O) groups is 2. The zero-order chi connectivity index (χ0) is 29.3. The van der Waals surface area contributed by atoms with Crippen LogP contribution in [0.1, 0.15) is 22.5 Å². The molecule has 1 saturated heterocycles. The molecule has 1 aliphatic rings. The Morgan fingerprint density at radius 1 is 0.929 bits per heavy atom. The molecule has 2 aromatic carbocycles. The number of hydrazine groups is 1. The molecule has 4 aromatic rings. The summed E-state index contributed by atoms with van der Waals surface area (Å²) in [5.41, 5.74) is 4.73. The summed E-state index contributed by atoms with van der Waals surface area (Å²) in [6.45, 7) is 9.39. The smallest absolute Gasteiger partial charge is 0.238 e. The Labute approximate surface area is 244 Å². The first kappa shape index (κ1) is 28.6. The number of hydrogen-bond acceptors (Lipinski definition) is 8. The molecular formula is C32H33N7O3. The Morgan fingerprint density at radius 2 is 1.74 bits per heavy atom. The highest BCUT2D eigenvalue weighted by Crippen LogP contribution is 2.25. The molecule has 10 nitrogen and oxygen atoms in total. The average molecular weight is 564 g/mol. The third kappa shape index (κ3) is 7.03. The molecule has 1 fully saturated rings. The second kappa shape index (κ2) is 13.6. The number of amides is 2. The summed E-state index contributed by atoms with van der Waals surface area (Å²) in [6, 6.07) is 22.9. The van der Waals surface area contributed by atoms with Gasteiger partial charge in [-0.25, -0.2) is 10.0 Å². The number of rotatable bonds is 9. The summed E-state index contributed by atoms with van der Waals surface area (Å²) in [7, 11) is 0. The fraction of sp³-hybridized carbons (Fsp3) is 0.219. The zero-order valence-corrected chi connectivity index (χ0v) is 23.4. The number of pyridine rings is 1. The number of benzene rings is 2. The van der Waals surface area contributed by atoms with E-state index in [1.807, 2.05) is 82.8 Å². The van der Waals surface area contributed by atoms with Gasteiger partial charge in [0, 0.05) is 44.0 Å². The highest BCUT2D eigenvalue weighted by Gasteiger charge is 2.27. The van der Waals surface area contributed by atoms with Gasteiger partial charge in [-0.3, -0.25) is 19.6 Å². The van der Waals surface area contributed by atoms with E-state index in [-0.39, 0.29) is 31.4 Å². The fourth-order valence-electron chi connectivity index (χ4n) is 4.92. The van der Waals surface area contributed by atoms with Gasteiger partial charge in [-0.1, -0.05) is 66.3 Å². The SMILES string of the molecule is C=Cc1c(CN2CCNC(=O)CN(Cc3cc(-c4ccccn4)no3)N(Cc3ccccc3)CC2=O)cccc1N=C. The van der Waals surface area contributed by atoms with Crippen LogP contribution >= 0.6 is 0 Å². The summed E-state index contributed by atoms with van der Waals surface area (Å²) >= 11 is 0. The maximum absolute atomic E-state index is 13.9. The van der Waals surface area contributed by atoms with Crippen LogP contribution in [0.2, 0.25) is 0 Å². The van der Waals surface area contributed by atoms with Crippen molar-refractivity contribution >= 4 is 30.3 Å². The van der Waals surface area contributed by atoms with Gasteiger partial charge in [0.1, 0.15) is 5.69 Å². The predicted octanol–water partition coefficient (Wildman–Crippen LogP) is 4.09. The zero-order valence-electron chi connectivity index (χ0n) is 23.4. The van der Waals surface area contributed by atoms with Crippen LogP contribution in [0.25, 0.3) is 17.5 Å². The Morgan fingerprint density at radius 3 is 2.50 bits per heavy atom. The first-order chi connectivity index (χ1) is 20.5. The summed E-state index contributed by atoms with van der Waals surface area (Å²) in [6.07, 6.45) is 3.42. The molecule has 2 aromatic heterocycles. The van der Waals surface area contributed by atoms with E-state index in [0.717, 1.165) is 16.7 Å². The first-order valence-electron chi connectivity index (χ1n) is 13.7. The normalized spacial score (nSPS) is 15.3. The minimum Gasteiger partial charge on any atom is -0.359 e. The first-order valence-corrected chi connectivity index (χ1v) is 13.7. The van der Waals surface area contributed by atoms with Crippen molar-refractivity contribution in [3.05, 3.63) is 108 Å². The summed E-state index contributed by atoms with van der Waals surface area (Å²) in [4.78, 5) is 37.2. The van der Waals surface area contributed by atoms with Crippen molar-refractivity contribution in [2.24, 2.45) is 4.99 Å². The van der Waals surface area contributed by atoms with E-state index < -0.39 is 0 Å². The van der Waals surface area contributed by atoms with E-state index in [9.17, 15) is 9.59 Å². The van der Waals surface area contributed by atoms with Crippen molar-refractivity contribution in [1.29, 1.82) is 0 Å². The third-order valence-corrected chi connectivity index (χ3v) is 7.04. The molecule has 0 unspecified atom stereocenters. The molecular weight excluding hydrogens is 530 g/mol. The molecule has 0 spiro atoms. The lowest BCUT2D eigenvalue weighted by molar-refractivity contribution is -0.146. The van der Waals surface area contributed by atoms with Crippen LogP contribution in [-0.2, 0) is 29.2 Å². The monoisotopic (exact) mass is 563 g/mol. The minimum absolute atomic E-state index is 0.0490. The van der Waals surface area contributed by atoms with E-state index in [0.29, 0.717) is 49.0 Å². The Kier molecular flexibility index (Phi) is 9.27. The minimum atomic E-state index is -0.156. The molecule has 1 aliphatic heterocycles. The van der Waals surface area contributed by atoms with E-state index in [4.69, 9.17) is 4.52 Å². The van der Waals surface area contributed by atoms with Crippen molar-refractivity contribution in [2.45, 2.75) is 19.6 Å². The van der Waals surface area contributed by atoms with Crippen LogP contribution in [0.4, 0.5) is 5.69 Å². The van der Waals surface area contributed by atoms with Crippen LogP contribution in [0.3, 0.4) is 0 Å². The second-order valence-corrected chi connectivity index (χ2v) is 9.90. The highest BCUT2D eigenvalue weighted by atomic mass is 16.5. The molecule has 3 heterocycles. The number of nitrogens with zero attached hydrogens (tertiary/aromatic N) is 6. The quantitative estimate of drug-likeness (QED) is 0.306. The molecule has 214 valence electrons. The molecule has 0 atom stereocenters. The lowest BCUT2D eigenvalue weighted by atomic mass is 10.0. The molecule has 10 heteroatoms. The van der Waals surface area contributed by atoms with Gasteiger partial charge in [0.2, 0.25) is 11.8 Å². The molecule has 42 heavy (non-hydrogen) atoms. The molecule has 5 rings (SSSR count). The van der Waals surface area contributed by atoms with Crippen LogP contribution in [-0.4, -0.2) is 69.8 Å². The van der Waals surface area contributed by atoms with E-state index in [1.54, 1.807) is 17.2 Å². The van der Waals surface area contributed by atoms with Crippen LogP contribution in [0.15, 0.2) is 95.1 Å². The van der Waals surface area contributed by atoms with Crippen molar-refractivity contribution < 1.29 is 14.1 Å². The van der Waals surface area contributed by atoms with Gasteiger partial charge in [-0.15, -0.1) is 0 Å². The number of nitrogens with one attached hydrogen (secondary N) is 1. The average Bonchev–Trinajstić information content (AvgIpc) is 3.49. The highest BCUT2D eigenvalue weighted by molar-refractivity contribution is 5.80. The molecule has 2 amide bonds. The van der Waals surface area contributed by atoms with Crippen molar-refractivity contribution in [3.8, 4) is 11.4 Å². The lowest BCUT2D eigenvalue weighted by Crippen LogP contribution is -2.53. The topological polar surface area (TPSA) is 107 Å². The largest absolute Gasteiger partial charge is 0.359 e. The maximum atomic E-state index is 13.9. The van der Waals surface area contributed by atoms with Gasteiger partial charge in [0.15, 0.2) is 5.76 Å². The van der Waals surface area contributed by atoms with Crippen molar-refractivity contribution in [3.63, 3.8) is 0 Å². The van der Waals surface area contributed by atoms with Gasteiger partial charge in [0.05, 0.1) is 31.0 Å². The number of aliphatic imine (C=N–C) groups is 1. The molecule has 0 radical (unpaired) electrons. The third-order valence-electron chi connectivity index (χ3n) is 7.04. The number of hydrogen-bond donors (Lipinski definition) is 1. The molecule has 0 bridgehead atoms. The fourth-order valence-corrected chi connectivity index (χ4v) is 4.92. The van der Waals surface area contributed by atoms with E-state index in [2.05, 4.69) is 33.7 Å². The van der Waals surface area contributed by atoms with Crippen LogP contribution < -0.4 is 5.32 Å². The van der Waals surface area contributed by atoms with E-state index >= 15 is 0 Å². The Bertz CT molecular complexity index is 1540. The lowest BCUT2D eigenvalue weighted by Gasteiger charge is -2.36. The van der Waals surface area contributed by atoms with Crippen LogP contribution in [0, 0.1) is 0 Å². The standard InChI is InChI=1S/C32H33N7O3/c1-3-27-25(12-9-14-28(27)33-2)20-37-17-16-35-31(40)22-39(38(23-32(37)41)19-24-10-5-4-6-11-24)21-26-18-30(36-42-26)29-13-7-8-15-34-29/h3-15,18H,1-2,16-17,19-23H2,(H,35,40). The summed E-state index contributed by atoms with van der Waals surface area (Å²) in [5.74, 6) is 0.314. The van der Waals surface area contributed by atoms with E-state index in [1.165, 1.54) is 0 Å². The Hall–Kier alpha value is -4.93. The predicted molar refractivity (Wildman–Crippen MR) is 161 cm³/mol. The molecule has 0 aliphatic carbocycles. The Balaban J connectivity index is 1.43. The number of carbonyl (C=O) groups excluding carboxylic acids is 2. The second-order valence-electron chi connectivity index (χ2n) is 9.90. The van der Waals surface area contributed by atoms with Gasteiger partial charge in [-0.2, -0.15) is 0 Å². The molecule has 1 N–H and O–H groups in total. The summed E-state index contributed by atoms with van der Waals surface area (Å²) in [5, 5.41) is 10.9. The van der Waals surface area contributed by atoms with Gasteiger partial charge in [0.25, 0.3) is 0 Å². The van der Waals surface area contributed by atoms with Gasteiger partial charge >= 0.3 is 0 Å². The van der Waals surface area contributed by atoms with Gasteiger partial charge in [-0.05, 0) is 36.0 Å². The maximum Gasteiger partial charge on any atom is 0.238 e. The number of aromatic nitrogens is 2.